The molecule has 1 N–H and O–H groups in total. The van der Waals surface area contributed by atoms with Gasteiger partial charge in [0.05, 0.1) is 0 Å². The highest BCUT2D eigenvalue weighted by molar-refractivity contribution is 7.13. The molecule has 5 nitrogen and oxygen atoms in total. The van der Waals surface area contributed by atoms with Crippen molar-refractivity contribution >= 4 is 22.5 Å². The fourth-order valence-electron chi connectivity index (χ4n) is 2.04. The molecule has 2 rings (SSSR count). The maximum atomic E-state index is 11.9. The Kier molecular flexibility index (Phi) is 3.71. The van der Waals surface area contributed by atoms with Crippen LogP contribution in [-0.2, 0) is 0 Å². The maximum Gasteiger partial charge on any atom is 0.323 e. The SMILES string of the molecule is CN(C(=O)Nc1nncs1)C1CCCCC1. The van der Waals surface area contributed by atoms with Crippen molar-refractivity contribution in [3.63, 3.8) is 0 Å². The summed E-state index contributed by atoms with van der Waals surface area (Å²) in [5.74, 6) is 0. The molecular formula is C10H16N4OS. The van der Waals surface area contributed by atoms with Crippen LogP contribution in [0.5, 0.6) is 0 Å². The van der Waals surface area contributed by atoms with Gasteiger partial charge >= 0.3 is 6.03 Å². The Morgan fingerprint density at radius 3 is 2.88 bits per heavy atom. The van der Waals surface area contributed by atoms with Gasteiger partial charge in [-0.2, -0.15) is 0 Å². The largest absolute Gasteiger partial charge is 0.325 e. The third kappa shape index (κ3) is 2.69. The number of carbonyl (C=O) groups is 1. The molecule has 0 unspecified atom stereocenters. The molecule has 1 aliphatic rings. The fourth-order valence-corrected chi connectivity index (χ4v) is 2.48. The summed E-state index contributed by atoms with van der Waals surface area (Å²) in [5.41, 5.74) is 1.61. The summed E-state index contributed by atoms with van der Waals surface area (Å²) in [7, 11) is 1.85. The zero-order valence-electron chi connectivity index (χ0n) is 9.35. The van der Waals surface area contributed by atoms with Gasteiger partial charge in [-0.3, -0.25) is 5.32 Å². The maximum absolute atomic E-state index is 11.9. The predicted molar refractivity (Wildman–Crippen MR) is 63.6 cm³/mol. The predicted octanol–water partition coefficient (Wildman–Crippen LogP) is 2.33. The normalized spacial score (nSPS) is 17.1. The average Bonchev–Trinajstić information content (AvgIpc) is 2.82. The molecule has 0 radical (unpaired) electrons. The van der Waals surface area contributed by atoms with E-state index in [1.54, 1.807) is 10.4 Å². The molecule has 1 aromatic rings. The van der Waals surface area contributed by atoms with Gasteiger partial charge in [0.15, 0.2) is 0 Å². The molecule has 88 valence electrons. The molecule has 1 saturated carbocycles. The van der Waals surface area contributed by atoms with Crippen molar-refractivity contribution in [2.24, 2.45) is 0 Å². The van der Waals surface area contributed by atoms with Crippen LogP contribution in [-0.4, -0.2) is 34.2 Å². The van der Waals surface area contributed by atoms with Gasteiger partial charge in [-0.25, -0.2) is 4.79 Å². The topological polar surface area (TPSA) is 58.1 Å². The Labute approximate surface area is 98.9 Å². The van der Waals surface area contributed by atoms with Gasteiger partial charge in [-0.1, -0.05) is 30.6 Å². The monoisotopic (exact) mass is 240 g/mol. The third-order valence-corrected chi connectivity index (χ3v) is 3.62. The van der Waals surface area contributed by atoms with Gasteiger partial charge in [-0.15, -0.1) is 10.2 Å². The second-order valence-corrected chi connectivity index (χ2v) is 4.91. The highest BCUT2D eigenvalue weighted by Crippen LogP contribution is 2.22. The molecule has 1 aromatic heterocycles. The lowest BCUT2D eigenvalue weighted by molar-refractivity contribution is 0.186. The van der Waals surface area contributed by atoms with Gasteiger partial charge in [0.1, 0.15) is 5.51 Å². The minimum atomic E-state index is -0.0800. The lowest BCUT2D eigenvalue weighted by atomic mass is 9.95. The van der Waals surface area contributed by atoms with E-state index in [-0.39, 0.29) is 6.03 Å². The van der Waals surface area contributed by atoms with E-state index in [1.807, 2.05) is 7.05 Å². The van der Waals surface area contributed by atoms with Crippen molar-refractivity contribution < 1.29 is 4.79 Å². The Morgan fingerprint density at radius 1 is 1.50 bits per heavy atom. The lowest BCUT2D eigenvalue weighted by Gasteiger charge is -2.30. The van der Waals surface area contributed by atoms with Crippen LogP contribution in [0.1, 0.15) is 32.1 Å². The van der Waals surface area contributed by atoms with Gasteiger partial charge in [0.2, 0.25) is 5.13 Å². The first-order valence-electron chi connectivity index (χ1n) is 5.57. The molecule has 6 heteroatoms. The summed E-state index contributed by atoms with van der Waals surface area (Å²) in [5, 5.41) is 10.8. The molecule has 0 bridgehead atoms. The molecule has 0 saturated heterocycles. The van der Waals surface area contributed by atoms with Gasteiger partial charge < -0.3 is 4.90 Å². The van der Waals surface area contributed by atoms with E-state index in [2.05, 4.69) is 15.5 Å². The first kappa shape index (κ1) is 11.3. The van der Waals surface area contributed by atoms with Crippen molar-refractivity contribution in [3.05, 3.63) is 5.51 Å². The van der Waals surface area contributed by atoms with E-state index in [4.69, 9.17) is 0 Å². The number of amides is 2. The van der Waals surface area contributed by atoms with E-state index in [1.165, 1.54) is 30.6 Å². The van der Waals surface area contributed by atoms with Crippen LogP contribution in [0.15, 0.2) is 5.51 Å². The Morgan fingerprint density at radius 2 is 2.25 bits per heavy atom. The van der Waals surface area contributed by atoms with Crippen molar-refractivity contribution in [1.29, 1.82) is 0 Å². The van der Waals surface area contributed by atoms with Gasteiger partial charge in [0, 0.05) is 13.1 Å². The quantitative estimate of drug-likeness (QED) is 0.863. The fraction of sp³-hybridized carbons (Fsp3) is 0.700. The Hall–Kier alpha value is -1.17. The second-order valence-electron chi connectivity index (χ2n) is 4.08. The minimum Gasteiger partial charge on any atom is -0.325 e. The van der Waals surface area contributed by atoms with E-state index >= 15 is 0 Å². The molecule has 1 fully saturated rings. The number of hydrogen-bond donors (Lipinski definition) is 1. The van der Waals surface area contributed by atoms with Crippen LogP contribution < -0.4 is 5.32 Å². The number of aromatic nitrogens is 2. The first-order valence-corrected chi connectivity index (χ1v) is 6.45. The molecule has 1 heterocycles. The van der Waals surface area contributed by atoms with Crippen LogP contribution >= 0.6 is 11.3 Å². The number of anilines is 1. The molecule has 1 aliphatic carbocycles. The number of hydrogen-bond acceptors (Lipinski definition) is 4. The van der Waals surface area contributed by atoms with Crippen molar-refractivity contribution in [2.45, 2.75) is 38.1 Å². The number of urea groups is 1. The molecule has 0 aromatic carbocycles. The van der Waals surface area contributed by atoms with Crippen molar-refractivity contribution in [3.8, 4) is 0 Å². The molecule has 0 aliphatic heterocycles. The molecule has 0 spiro atoms. The van der Waals surface area contributed by atoms with Crippen LogP contribution in [0.4, 0.5) is 9.93 Å². The van der Waals surface area contributed by atoms with Crippen molar-refractivity contribution in [1.82, 2.24) is 15.1 Å². The van der Waals surface area contributed by atoms with E-state index in [0.29, 0.717) is 11.2 Å². The standard InChI is InChI=1S/C10H16N4OS/c1-14(8-5-3-2-4-6-8)10(15)12-9-13-11-7-16-9/h7-8H,2-6H2,1H3,(H,12,13,15). The highest BCUT2D eigenvalue weighted by atomic mass is 32.1. The van der Waals surface area contributed by atoms with E-state index < -0.39 is 0 Å². The molecule has 2 amide bonds. The lowest BCUT2D eigenvalue weighted by Crippen LogP contribution is -2.40. The number of rotatable bonds is 2. The van der Waals surface area contributed by atoms with Crippen LogP contribution in [0.25, 0.3) is 0 Å². The van der Waals surface area contributed by atoms with E-state index in [0.717, 1.165) is 12.8 Å². The van der Waals surface area contributed by atoms with Crippen molar-refractivity contribution in [2.75, 3.05) is 12.4 Å². The minimum absolute atomic E-state index is 0.0800. The number of nitrogens with zero attached hydrogens (tertiary/aromatic N) is 3. The third-order valence-electron chi connectivity index (χ3n) is 3.02. The smallest absolute Gasteiger partial charge is 0.323 e. The van der Waals surface area contributed by atoms with Crippen LogP contribution in [0.2, 0.25) is 0 Å². The summed E-state index contributed by atoms with van der Waals surface area (Å²) < 4.78 is 0. The summed E-state index contributed by atoms with van der Waals surface area (Å²) >= 11 is 1.33. The van der Waals surface area contributed by atoms with E-state index in [9.17, 15) is 4.79 Å². The van der Waals surface area contributed by atoms with Gasteiger partial charge in [0.25, 0.3) is 0 Å². The summed E-state index contributed by atoms with van der Waals surface area (Å²) in [6.07, 6.45) is 5.96. The molecule has 0 atom stereocenters. The van der Waals surface area contributed by atoms with Crippen LogP contribution in [0.3, 0.4) is 0 Å². The number of nitrogens with one attached hydrogen (secondary N) is 1. The zero-order valence-corrected chi connectivity index (χ0v) is 10.2. The van der Waals surface area contributed by atoms with Crippen LogP contribution in [0, 0.1) is 0 Å². The summed E-state index contributed by atoms with van der Waals surface area (Å²) in [6.45, 7) is 0. The summed E-state index contributed by atoms with van der Waals surface area (Å²) in [4.78, 5) is 13.7. The molecular weight excluding hydrogens is 224 g/mol. The second kappa shape index (κ2) is 5.25. The summed E-state index contributed by atoms with van der Waals surface area (Å²) in [6, 6.07) is 0.297. The van der Waals surface area contributed by atoms with Gasteiger partial charge in [-0.05, 0) is 12.8 Å². The number of carbonyl (C=O) groups excluding carboxylic acids is 1. The molecule has 16 heavy (non-hydrogen) atoms. The Balaban J connectivity index is 1.88. The highest BCUT2D eigenvalue weighted by Gasteiger charge is 2.22. The first-order chi connectivity index (χ1) is 7.77. The zero-order chi connectivity index (χ0) is 11.4. The Bertz CT molecular complexity index is 335. The average molecular weight is 240 g/mol.